The van der Waals surface area contributed by atoms with E-state index in [9.17, 15) is 29.1 Å². The molecule has 1 rings (SSSR count). The van der Waals surface area contributed by atoms with E-state index in [0.717, 1.165) is 0 Å². The van der Waals surface area contributed by atoms with Crippen molar-refractivity contribution in [2.75, 3.05) is 6.54 Å². The quantitative estimate of drug-likeness (QED) is 0.217. The summed E-state index contributed by atoms with van der Waals surface area (Å²) in [6.07, 6.45) is -0.453. The molecular weight excluding hydrogens is 386 g/mol. The second-order valence-electron chi connectivity index (χ2n) is 7.10. The molecule has 1 saturated heterocycles. The van der Waals surface area contributed by atoms with Crippen molar-refractivity contribution >= 4 is 29.6 Å². The maximum absolute atomic E-state index is 12.7. The van der Waals surface area contributed by atoms with Crippen molar-refractivity contribution in [2.45, 2.75) is 69.8 Å². The second kappa shape index (κ2) is 10.7. The van der Waals surface area contributed by atoms with Crippen LogP contribution in [0.15, 0.2) is 0 Å². The van der Waals surface area contributed by atoms with Crippen LogP contribution in [0.25, 0.3) is 0 Å². The van der Waals surface area contributed by atoms with Crippen LogP contribution in [0.4, 0.5) is 0 Å². The molecule has 0 aromatic heterocycles. The first-order valence-electron chi connectivity index (χ1n) is 9.31. The summed E-state index contributed by atoms with van der Waals surface area (Å²) < 4.78 is 0. The Morgan fingerprint density at radius 1 is 1.17 bits per heavy atom. The highest BCUT2D eigenvalue weighted by molar-refractivity contribution is 5.94. The number of nitrogens with two attached hydrogens (primary N) is 2. The number of primary amides is 1. The number of aliphatic hydroxyl groups excluding tert-OH is 1. The van der Waals surface area contributed by atoms with Crippen LogP contribution in [0.2, 0.25) is 0 Å². The van der Waals surface area contributed by atoms with E-state index in [0.29, 0.717) is 12.8 Å². The summed E-state index contributed by atoms with van der Waals surface area (Å²) in [6, 6.07) is -4.50. The molecule has 4 amide bonds. The number of nitrogens with one attached hydrogen (secondary N) is 2. The van der Waals surface area contributed by atoms with Gasteiger partial charge in [-0.3, -0.25) is 24.0 Å². The van der Waals surface area contributed by atoms with Gasteiger partial charge in [-0.1, -0.05) is 0 Å². The largest absolute Gasteiger partial charge is 0.480 e. The average molecular weight is 415 g/mol. The van der Waals surface area contributed by atoms with Gasteiger partial charge in [-0.2, -0.15) is 0 Å². The normalized spacial score (nSPS) is 20.3. The van der Waals surface area contributed by atoms with Gasteiger partial charge >= 0.3 is 5.97 Å². The molecule has 164 valence electrons. The molecule has 0 bridgehead atoms. The molecule has 1 aliphatic rings. The summed E-state index contributed by atoms with van der Waals surface area (Å²) >= 11 is 0. The van der Waals surface area contributed by atoms with Crippen LogP contribution in [0, 0.1) is 0 Å². The topological polar surface area (TPSA) is 205 Å². The van der Waals surface area contributed by atoms with Crippen molar-refractivity contribution in [1.82, 2.24) is 15.5 Å². The van der Waals surface area contributed by atoms with Gasteiger partial charge < -0.3 is 37.2 Å². The number of aliphatic hydroxyl groups is 1. The van der Waals surface area contributed by atoms with Crippen LogP contribution in [0.3, 0.4) is 0 Å². The van der Waals surface area contributed by atoms with Gasteiger partial charge in [0.2, 0.25) is 23.6 Å². The van der Waals surface area contributed by atoms with Gasteiger partial charge in [0, 0.05) is 13.0 Å². The van der Waals surface area contributed by atoms with E-state index in [4.69, 9.17) is 16.6 Å². The Morgan fingerprint density at radius 3 is 2.31 bits per heavy atom. The Bertz CT molecular complexity index is 654. The number of carbonyl (C=O) groups excluding carboxylic acids is 4. The molecule has 12 nitrogen and oxygen atoms in total. The zero-order chi connectivity index (χ0) is 22.3. The Kier molecular flexibility index (Phi) is 8.98. The lowest BCUT2D eigenvalue weighted by Crippen LogP contribution is -2.59. The maximum Gasteiger partial charge on any atom is 0.325 e. The number of carboxylic acid groups (broad SMARTS) is 1. The molecule has 0 saturated carbocycles. The van der Waals surface area contributed by atoms with Crippen LogP contribution in [-0.2, 0) is 24.0 Å². The fourth-order valence-corrected chi connectivity index (χ4v) is 2.96. The summed E-state index contributed by atoms with van der Waals surface area (Å²) in [4.78, 5) is 60.4. The van der Waals surface area contributed by atoms with Gasteiger partial charge in [-0.05, 0) is 33.1 Å². The predicted octanol–water partition coefficient (Wildman–Crippen LogP) is -2.97. The summed E-state index contributed by atoms with van der Waals surface area (Å²) in [5.74, 6) is -3.91. The first kappa shape index (κ1) is 24.3. The van der Waals surface area contributed by atoms with E-state index in [1.807, 2.05) is 0 Å². The van der Waals surface area contributed by atoms with Gasteiger partial charge in [-0.15, -0.1) is 0 Å². The molecule has 1 heterocycles. The van der Waals surface area contributed by atoms with Crippen molar-refractivity contribution in [3.8, 4) is 0 Å². The van der Waals surface area contributed by atoms with Crippen molar-refractivity contribution in [3.05, 3.63) is 0 Å². The zero-order valence-electron chi connectivity index (χ0n) is 16.5. The minimum atomic E-state index is -1.40. The van der Waals surface area contributed by atoms with E-state index in [1.54, 1.807) is 0 Å². The fraction of sp³-hybridized carbons (Fsp3) is 0.706. The molecule has 0 aliphatic carbocycles. The minimum Gasteiger partial charge on any atom is -0.480 e. The molecule has 29 heavy (non-hydrogen) atoms. The van der Waals surface area contributed by atoms with E-state index in [2.05, 4.69) is 10.6 Å². The van der Waals surface area contributed by atoms with Gasteiger partial charge in [-0.25, -0.2) is 0 Å². The lowest BCUT2D eigenvalue weighted by molar-refractivity contribution is -0.143. The SMILES string of the molecule is CC(NC(=O)C(NC(=O)C1CCCN1C(=O)C(N)CCC(N)=O)C(C)O)C(=O)O. The number of amides is 4. The number of carbonyl (C=O) groups is 5. The molecule has 8 N–H and O–H groups in total. The van der Waals surface area contributed by atoms with E-state index in [-0.39, 0.29) is 19.4 Å². The molecule has 0 radical (unpaired) electrons. The molecule has 5 unspecified atom stereocenters. The third kappa shape index (κ3) is 6.98. The van der Waals surface area contributed by atoms with Crippen LogP contribution in [-0.4, -0.2) is 81.5 Å². The summed E-state index contributed by atoms with van der Waals surface area (Å²) in [7, 11) is 0. The lowest BCUT2D eigenvalue weighted by Gasteiger charge is -2.29. The van der Waals surface area contributed by atoms with Gasteiger partial charge in [0.25, 0.3) is 0 Å². The Hall–Kier alpha value is -2.73. The highest BCUT2D eigenvalue weighted by Gasteiger charge is 2.38. The molecule has 0 aromatic carbocycles. The van der Waals surface area contributed by atoms with Crippen LogP contribution in [0.5, 0.6) is 0 Å². The van der Waals surface area contributed by atoms with Gasteiger partial charge in [0.05, 0.1) is 12.1 Å². The van der Waals surface area contributed by atoms with Crippen LogP contribution < -0.4 is 22.1 Å². The number of likely N-dealkylation sites (tertiary alicyclic amines) is 1. The molecular formula is C17H29N5O7. The summed E-state index contributed by atoms with van der Waals surface area (Å²) in [5, 5.41) is 23.3. The maximum atomic E-state index is 12.7. The summed E-state index contributed by atoms with van der Waals surface area (Å²) in [5.41, 5.74) is 10.9. The monoisotopic (exact) mass is 415 g/mol. The number of aliphatic carboxylic acids is 1. The standard InChI is InChI=1S/C17H29N5O7/c1-8(17(28)29)20-15(26)13(9(2)23)21-14(25)11-4-3-7-22(11)16(27)10(18)5-6-12(19)24/h8-11,13,23H,3-7,18H2,1-2H3,(H2,19,24)(H,20,26)(H,21,25)(H,28,29). The average Bonchev–Trinajstić information content (AvgIpc) is 3.12. The predicted molar refractivity (Wildman–Crippen MR) is 100.0 cm³/mol. The molecule has 12 heteroatoms. The highest BCUT2D eigenvalue weighted by atomic mass is 16.4. The second-order valence-corrected chi connectivity index (χ2v) is 7.10. The third-order valence-electron chi connectivity index (χ3n) is 4.65. The number of rotatable bonds is 10. The van der Waals surface area contributed by atoms with Crippen LogP contribution in [0.1, 0.15) is 39.5 Å². The van der Waals surface area contributed by atoms with Crippen molar-refractivity contribution in [2.24, 2.45) is 11.5 Å². The first-order valence-corrected chi connectivity index (χ1v) is 9.31. The van der Waals surface area contributed by atoms with E-state index < -0.39 is 59.9 Å². The molecule has 0 spiro atoms. The van der Waals surface area contributed by atoms with Crippen molar-refractivity contribution < 1.29 is 34.2 Å². The molecule has 1 fully saturated rings. The molecule has 1 aliphatic heterocycles. The van der Waals surface area contributed by atoms with Gasteiger partial charge in [0.15, 0.2) is 0 Å². The zero-order valence-corrected chi connectivity index (χ0v) is 16.5. The summed E-state index contributed by atoms with van der Waals surface area (Å²) in [6.45, 7) is 2.79. The van der Waals surface area contributed by atoms with Crippen molar-refractivity contribution in [1.29, 1.82) is 0 Å². The first-order chi connectivity index (χ1) is 13.5. The fourth-order valence-electron chi connectivity index (χ4n) is 2.96. The van der Waals surface area contributed by atoms with Crippen LogP contribution >= 0.6 is 0 Å². The Morgan fingerprint density at radius 2 is 1.79 bits per heavy atom. The minimum absolute atomic E-state index is 0.0464. The number of hydrogen-bond donors (Lipinski definition) is 6. The van der Waals surface area contributed by atoms with E-state index in [1.165, 1.54) is 18.7 Å². The molecule has 5 atom stereocenters. The van der Waals surface area contributed by atoms with Crippen molar-refractivity contribution in [3.63, 3.8) is 0 Å². The smallest absolute Gasteiger partial charge is 0.325 e. The van der Waals surface area contributed by atoms with Gasteiger partial charge in [0.1, 0.15) is 18.1 Å². The number of hydrogen-bond acceptors (Lipinski definition) is 7. The third-order valence-corrected chi connectivity index (χ3v) is 4.65. The lowest BCUT2D eigenvalue weighted by atomic mass is 10.1. The number of nitrogens with zero attached hydrogens (tertiary/aromatic N) is 1. The Labute approximate surface area is 168 Å². The highest BCUT2D eigenvalue weighted by Crippen LogP contribution is 2.19. The Balaban J connectivity index is 2.80. The van der Waals surface area contributed by atoms with E-state index >= 15 is 0 Å². The molecule has 0 aromatic rings. The number of carboxylic acids is 1.